The number of benzene rings is 1. The van der Waals surface area contributed by atoms with E-state index in [2.05, 4.69) is 5.32 Å². The molecule has 0 fully saturated rings. The standard InChI is InChI=1S/C15H14ClN3O4/c1-9-3-5-11(7-12(9)16)17-14(20)8-18-10(2)4-6-13(15(18)21)19(22)23/h3-7H,8H2,1-2H3,(H,17,20). The van der Waals surface area contributed by atoms with E-state index in [1.165, 1.54) is 6.07 Å². The minimum atomic E-state index is -0.813. The van der Waals surface area contributed by atoms with Gasteiger partial charge in [0.05, 0.1) is 4.92 Å². The summed E-state index contributed by atoms with van der Waals surface area (Å²) in [6.07, 6.45) is 0. The SMILES string of the molecule is Cc1ccc(NC(=O)Cn2c(C)ccc([N+](=O)[O-])c2=O)cc1Cl. The fourth-order valence-electron chi connectivity index (χ4n) is 2.01. The molecule has 23 heavy (non-hydrogen) atoms. The smallest absolute Gasteiger partial charge is 0.324 e. The molecule has 1 aromatic heterocycles. The van der Waals surface area contributed by atoms with Crippen LogP contribution >= 0.6 is 11.6 Å². The summed E-state index contributed by atoms with van der Waals surface area (Å²) in [5.74, 6) is -0.476. The maximum atomic E-state index is 12.1. The van der Waals surface area contributed by atoms with Gasteiger partial charge >= 0.3 is 11.2 Å². The van der Waals surface area contributed by atoms with E-state index in [1.807, 2.05) is 6.92 Å². The third kappa shape index (κ3) is 3.75. The number of hydrogen-bond acceptors (Lipinski definition) is 4. The van der Waals surface area contributed by atoms with Crippen molar-refractivity contribution in [1.29, 1.82) is 0 Å². The molecule has 2 aromatic rings. The lowest BCUT2D eigenvalue weighted by atomic mass is 10.2. The molecule has 7 nitrogen and oxygen atoms in total. The summed E-state index contributed by atoms with van der Waals surface area (Å²) in [6.45, 7) is 3.11. The van der Waals surface area contributed by atoms with Crippen LogP contribution in [0, 0.1) is 24.0 Å². The van der Waals surface area contributed by atoms with Crippen LogP contribution < -0.4 is 10.9 Å². The van der Waals surface area contributed by atoms with Gasteiger partial charge in [-0.15, -0.1) is 0 Å². The van der Waals surface area contributed by atoms with E-state index in [0.717, 1.165) is 16.2 Å². The Labute approximate surface area is 136 Å². The first-order valence-corrected chi connectivity index (χ1v) is 7.08. The maximum Gasteiger partial charge on any atom is 0.334 e. The minimum Gasteiger partial charge on any atom is -0.324 e. The molecular formula is C15H14ClN3O4. The molecule has 120 valence electrons. The first-order chi connectivity index (χ1) is 10.8. The lowest BCUT2D eigenvalue weighted by molar-refractivity contribution is -0.386. The highest BCUT2D eigenvalue weighted by Crippen LogP contribution is 2.20. The van der Waals surface area contributed by atoms with E-state index in [9.17, 15) is 19.7 Å². The van der Waals surface area contributed by atoms with Crippen molar-refractivity contribution in [2.24, 2.45) is 0 Å². The highest BCUT2D eigenvalue weighted by Gasteiger charge is 2.17. The molecule has 0 saturated heterocycles. The largest absolute Gasteiger partial charge is 0.334 e. The molecule has 0 unspecified atom stereocenters. The molecule has 2 rings (SSSR count). The van der Waals surface area contributed by atoms with Gasteiger partial charge in [-0.1, -0.05) is 17.7 Å². The Bertz CT molecular complexity index is 845. The molecule has 1 heterocycles. The van der Waals surface area contributed by atoms with Crippen LogP contribution in [0.15, 0.2) is 35.1 Å². The quantitative estimate of drug-likeness (QED) is 0.686. The predicted octanol–water partition coefficient (Wildman–Crippen LogP) is 2.67. The van der Waals surface area contributed by atoms with Gasteiger partial charge in [0.25, 0.3) is 0 Å². The van der Waals surface area contributed by atoms with Crippen LogP contribution in [0.1, 0.15) is 11.3 Å². The lowest BCUT2D eigenvalue weighted by Gasteiger charge is -2.10. The lowest BCUT2D eigenvalue weighted by Crippen LogP contribution is -2.30. The van der Waals surface area contributed by atoms with E-state index in [1.54, 1.807) is 25.1 Å². The van der Waals surface area contributed by atoms with Gasteiger partial charge in [-0.05, 0) is 37.6 Å². The van der Waals surface area contributed by atoms with Crippen molar-refractivity contribution in [1.82, 2.24) is 4.57 Å². The second kappa shape index (κ2) is 6.62. The number of anilines is 1. The Kier molecular flexibility index (Phi) is 4.80. The summed E-state index contributed by atoms with van der Waals surface area (Å²) in [7, 11) is 0. The number of aryl methyl sites for hydroxylation is 2. The summed E-state index contributed by atoms with van der Waals surface area (Å²) in [6, 6.07) is 7.59. The average molecular weight is 336 g/mol. The highest BCUT2D eigenvalue weighted by atomic mass is 35.5. The van der Waals surface area contributed by atoms with Gasteiger partial charge in [0.1, 0.15) is 6.54 Å². The molecule has 0 saturated carbocycles. The molecule has 0 spiro atoms. The van der Waals surface area contributed by atoms with Crippen molar-refractivity contribution in [3.8, 4) is 0 Å². The van der Waals surface area contributed by atoms with Gasteiger partial charge < -0.3 is 5.32 Å². The molecule has 8 heteroatoms. The first kappa shape index (κ1) is 16.7. The van der Waals surface area contributed by atoms with E-state index in [0.29, 0.717) is 16.4 Å². The Morgan fingerprint density at radius 3 is 2.61 bits per heavy atom. The number of carbonyl (C=O) groups excluding carboxylic acids is 1. The van der Waals surface area contributed by atoms with Gasteiger partial charge in [-0.2, -0.15) is 0 Å². The number of nitrogens with zero attached hydrogens (tertiary/aromatic N) is 2. The van der Waals surface area contributed by atoms with E-state index in [4.69, 9.17) is 11.6 Å². The maximum absolute atomic E-state index is 12.1. The first-order valence-electron chi connectivity index (χ1n) is 6.70. The number of amides is 1. The van der Waals surface area contributed by atoms with Crippen molar-refractivity contribution >= 4 is 28.9 Å². The zero-order valence-corrected chi connectivity index (χ0v) is 13.3. The fraction of sp³-hybridized carbons (Fsp3) is 0.200. The van der Waals surface area contributed by atoms with Crippen molar-refractivity contribution in [2.45, 2.75) is 20.4 Å². The van der Waals surface area contributed by atoms with Crippen LogP contribution in [-0.2, 0) is 11.3 Å². The molecule has 1 aromatic carbocycles. The molecular weight excluding hydrogens is 322 g/mol. The van der Waals surface area contributed by atoms with E-state index < -0.39 is 22.1 Å². The van der Waals surface area contributed by atoms with Gasteiger partial charge in [0.2, 0.25) is 5.91 Å². The van der Waals surface area contributed by atoms with E-state index >= 15 is 0 Å². The third-order valence-electron chi connectivity index (χ3n) is 3.33. The van der Waals surface area contributed by atoms with Crippen molar-refractivity contribution in [3.05, 3.63) is 67.1 Å². The number of nitrogens with one attached hydrogen (secondary N) is 1. The summed E-state index contributed by atoms with van der Waals surface area (Å²) in [5, 5.41) is 13.9. The summed E-state index contributed by atoms with van der Waals surface area (Å²) >= 11 is 5.98. The van der Waals surface area contributed by atoms with Crippen LogP contribution in [-0.4, -0.2) is 15.4 Å². The highest BCUT2D eigenvalue weighted by molar-refractivity contribution is 6.31. The Morgan fingerprint density at radius 2 is 2.00 bits per heavy atom. The van der Waals surface area contributed by atoms with Crippen LogP contribution in [0.5, 0.6) is 0 Å². The number of carbonyl (C=O) groups is 1. The van der Waals surface area contributed by atoms with Gasteiger partial charge in [-0.25, -0.2) is 0 Å². The number of pyridine rings is 1. The van der Waals surface area contributed by atoms with Crippen LogP contribution in [0.3, 0.4) is 0 Å². The normalized spacial score (nSPS) is 10.4. The Hall–Kier alpha value is -2.67. The second-order valence-corrected chi connectivity index (χ2v) is 5.43. The zero-order chi connectivity index (χ0) is 17.1. The van der Waals surface area contributed by atoms with E-state index in [-0.39, 0.29) is 6.54 Å². The fourth-order valence-corrected chi connectivity index (χ4v) is 2.19. The van der Waals surface area contributed by atoms with Gasteiger partial charge in [-0.3, -0.25) is 24.3 Å². The van der Waals surface area contributed by atoms with Crippen LogP contribution in [0.4, 0.5) is 11.4 Å². The number of halogens is 1. The average Bonchev–Trinajstić information content (AvgIpc) is 2.47. The monoisotopic (exact) mass is 335 g/mol. The molecule has 1 amide bonds. The number of aromatic nitrogens is 1. The molecule has 0 radical (unpaired) electrons. The number of hydrogen-bond donors (Lipinski definition) is 1. The molecule has 0 aliphatic carbocycles. The Morgan fingerprint density at radius 1 is 1.30 bits per heavy atom. The van der Waals surface area contributed by atoms with Gasteiger partial charge in [0, 0.05) is 22.5 Å². The molecule has 0 bridgehead atoms. The summed E-state index contributed by atoms with van der Waals surface area (Å²) in [4.78, 5) is 34.2. The Balaban J connectivity index is 2.23. The van der Waals surface area contributed by atoms with Crippen molar-refractivity contribution < 1.29 is 9.72 Å². The molecule has 0 aliphatic rings. The third-order valence-corrected chi connectivity index (χ3v) is 3.73. The second-order valence-electron chi connectivity index (χ2n) is 5.02. The molecule has 0 aliphatic heterocycles. The van der Waals surface area contributed by atoms with Crippen LogP contribution in [0.25, 0.3) is 0 Å². The molecule has 1 N–H and O–H groups in total. The van der Waals surface area contributed by atoms with Crippen molar-refractivity contribution in [2.75, 3.05) is 5.32 Å². The van der Waals surface area contributed by atoms with Crippen molar-refractivity contribution in [3.63, 3.8) is 0 Å². The molecule has 0 atom stereocenters. The topological polar surface area (TPSA) is 94.2 Å². The summed E-state index contributed by atoms with van der Waals surface area (Å²) < 4.78 is 1.06. The predicted molar refractivity (Wildman–Crippen MR) is 86.9 cm³/mol. The van der Waals surface area contributed by atoms with Gasteiger partial charge in [0.15, 0.2) is 0 Å². The van der Waals surface area contributed by atoms with Crippen LogP contribution in [0.2, 0.25) is 5.02 Å². The summed E-state index contributed by atoms with van der Waals surface area (Å²) in [5.41, 5.74) is 0.434. The number of rotatable bonds is 4. The minimum absolute atomic E-state index is 0.322. The number of nitro groups is 1. The zero-order valence-electron chi connectivity index (χ0n) is 12.5.